The maximum atomic E-state index is 12.1. The van der Waals surface area contributed by atoms with Crippen molar-refractivity contribution in [3.05, 3.63) is 64.0 Å². The van der Waals surface area contributed by atoms with Gasteiger partial charge in [-0.25, -0.2) is 4.79 Å². The summed E-state index contributed by atoms with van der Waals surface area (Å²) in [6.45, 7) is 4.14. The Kier molecular flexibility index (Phi) is 3.26. The highest BCUT2D eigenvalue weighted by atomic mass is 16.4. The zero-order valence-corrected chi connectivity index (χ0v) is 12.0. The molecule has 3 heteroatoms. The normalized spacial score (nSPS) is 11.0. The van der Waals surface area contributed by atoms with E-state index in [2.05, 4.69) is 19.9 Å². The van der Waals surface area contributed by atoms with Crippen LogP contribution in [0.2, 0.25) is 0 Å². The molecule has 0 spiro atoms. The molecule has 1 heterocycles. The van der Waals surface area contributed by atoms with E-state index >= 15 is 0 Å². The Balaban J connectivity index is 2.30. The lowest BCUT2D eigenvalue weighted by Gasteiger charge is -2.10. The molecule has 3 aromatic rings. The van der Waals surface area contributed by atoms with Crippen molar-refractivity contribution in [1.29, 1.82) is 0 Å². The van der Waals surface area contributed by atoms with Crippen molar-refractivity contribution in [3.8, 4) is 17.1 Å². The van der Waals surface area contributed by atoms with Gasteiger partial charge in [-0.15, -0.1) is 0 Å². The van der Waals surface area contributed by atoms with Crippen LogP contribution in [0.5, 0.6) is 5.75 Å². The fourth-order valence-electron chi connectivity index (χ4n) is 2.71. The van der Waals surface area contributed by atoms with Crippen LogP contribution in [-0.4, -0.2) is 5.11 Å². The second-order valence-electron chi connectivity index (χ2n) is 5.12. The molecule has 0 aliphatic heterocycles. The smallest absolute Gasteiger partial charge is 0.344 e. The van der Waals surface area contributed by atoms with Crippen molar-refractivity contribution in [2.75, 3.05) is 0 Å². The maximum Gasteiger partial charge on any atom is 0.344 e. The summed E-state index contributed by atoms with van der Waals surface area (Å²) in [7, 11) is 0. The largest absolute Gasteiger partial charge is 0.508 e. The standard InChI is InChI=1S/C18H16O3/c1-3-14-11(2)5-4-6-15(14)17-9-12-7-8-13(19)10-16(12)18(20)21-17/h4-10,19H,3H2,1-2H3. The van der Waals surface area contributed by atoms with Crippen LogP contribution in [0.3, 0.4) is 0 Å². The van der Waals surface area contributed by atoms with E-state index in [0.29, 0.717) is 11.1 Å². The van der Waals surface area contributed by atoms with Crippen LogP contribution in [0.15, 0.2) is 51.7 Å². The minimum atomic E-state index is -0.429. The van der Waals surface area contributed by atoms with Crippen LogP contribution in [0, 0.1) is 6.92 Å². The van der Waals surface area contributed by atoms with Gasteiger partial charge in [0, 0.05) is 5.56 Å². The van der Waals surface area contributed by atoms with Crippen LogP contribution in [-0.2, 0) is 6.42 Å². The highest BCUT2D eigenvalue weighted by Gasteiger charge is 2.11. The third-order valence-electron chi connectivity index (χ3n) is 3.78. The van der Waals surface area contributed by atoms with Crippen LogP contribution in [0.4, 0.5) is 0 Å². The SMILES string of the molecule is CCc1c(C)cccc1-c1cc2ccc(O)cc2c(=O)o1. The number of rotatable bonds is 2. The minimum Gasteiger partial charge on any atom is -0.508 e. The predicted molar refractivity (Wildman–Crippen MR) is 83.7 cm³/mol. The number of aryl methyl sites for hydroxylation is 1. The Bertz CT molecular complexity index is 875. The number of aromatic hydroxyl groups is 1. The molecule has 3 nitrogen and oxygen atoms in total. The number of phenols is 1. The summed E-state index contributed by atoms with van der Waals surface area (Å²) >= 11 is 0. The molecule has 2 aromatic carbocycles. The topological polar surface area (TPSA) is 50.4 Å². The average molecular weight is 280 g/mol. The molecule has 0 amide bonds. The van der Waals surface area contributed by atoms with Gasteiger partial charge in [0.25, 0.3) is 0 Å². The van der Waals surface area contributed by atoms with E-state index in [1.54, 1.807) is 12.1 Å². The molecule has 0 bridgehead atoms. The molecule has 106 valence electrons. The van der Waals surface area contributed by atoms with Crippen molar-refractivity contribution < 1.29 is 9.52 Å². The van der Waals surface area contributed by atoms with Crippen LogP contribution < -0.4 is 5.63 Å². The quantitative estimate of drug-likeness (QED) is 0.770. The molecule has 0 atom stereocenters. The number of benzene rings is 2. The van der Waals surface area contributed by atoms with E-state index in [1.807, 2.05) is 18.2 Å². The van der Waals surface area contributed by atoms with E-state index in [1.165, 1.54) is 17.2 Å². The molecule has 3 rings (SSSR count). The van der Waals surface area contributed by atoms with Gasteiger partial charge in [-0.3, -0.25) is 0 Å². The molecule has 0 aliphatic rings. The fourth-order valence-corrected chi connectivity index (χ4v) is 2.71. The van der Waals surface area contributed by atoms with Gasteiger partial charge in [-0.2, -0.15) is 0 Å². The van der Waals surface area contributed by atoms with E-state index in [4.69, 9.17) is 4.42 Å². The number of hydrogen-bond donors (Lipinski definition) is 1. The predicted octanol–water partition coefficient (Wildman–Crippen LogP) is 4.04. The van der Waals surface area contributed by atoms with Crippen molar-refractivity contribution in [1.82, 2.24) is 0 Å². The second kappa shape index (κ2) is 5.09. The molecule has 0 saturated heterocycles. The molecular weight excluding hydrogens is 264 g/mol. The Labute approximate surface area is 122 Å². The van der Waals surface area contributed by atoms with Gasteiger partial charge in [0.05, 0.1) is 5.39 Å². The molecule has 0 radical (unpaired) electrons. The number of hydrogen-bond acceptors (Lipinski definition) is 3. The highest BCUT2D eigenvalue weighted by Crippen LogP contribution is 2.28. The third-order valence-corrected chi connectivity index (χ3v) is 3.78. The van der Waals surface area contributed by atoms with Crippen molar-refractivity contribution in [3.63, 3.8) is 0 Å². The molecule has 1 N–H and O–H groups in total. The summed E-state index contributed by atoms with van der Waals surface area (Å²) in [4.78, 5) is 12.1. The molecule has 21 heavy (non-hydrogen) atoms. The zero-order valence-electron chi connectivity index (χ0n) is 12.0. The molecule has 0 aliphatic carbocycles. The Hall–Kier alpha value is -2.55. The maximum absolute atomic E-state index is 12.1. The first-order valence-electron chi connectivity index (χ1n) is 6.96. The highest BCUT2D eigenvalue weighted by molar-refractivity contribution is 5.85. The van der Waals surface area contributed by atoms with Gasteiger partial charge < -0.3 is 9.52 Å². The van der Waals surface area contributed by atoms with E-state index in [0.717, 1.165) is 17.4 Å². The molecular formula is C18H16O3. The minimum absolute atomic E-state index is 0.0624. The Morgan fingerprint density at radius 1 is 1.14 bits per heavy atom. The van der Waals surface area contributed by atoms with E-state index in [9.17, 15) is 9.90 Å². The van der Waals surface area contributed by atoms with Crippen LogP contribution in [0.1, 0.15) is 18.1 Å². The van der Waals surface area contributed by atoms with E-state index < -0.39 is 5.63 Å². The summed E-state index contributed by atoms with van der Waals surface area (Å²) in [6, 6.07) is 12.6. The van der Waals surface area contributed by atoms with Crippen molar-refractivity contribution in [2.24, 2.45) is 0 Å². The summed E-state index contributed by atoms with van der Waals surface area (Å²) in [5.41, 5.74) is 2.88. The van der Waals surface area contributed by atoms with E-state index in [-0.39, 0.29) is 5.75 Å². The summed E-state index contributed by atoms with van der Waals surface area (Å²) < 4.78 is 5.46. The first-order valence-corrected chi connectivity index (χ1v) is 6.96. The molecule has 1 aromatic heterocycles. The Morgan fingerprint density at radius 2 is 1.95 bits per heavy atom. The zero-order chi connectivity index (χ0) is 15.0. The van der Waals surface area contributed by atoms with Crippen LogP contribution in [0.25, 0.3) is 22.1 Å². The van der Waals surface area contributed by atoms with Gasteiger partial charge in [-0.1, -0.05) is 31.2 Å². The lowest BCUT2D eigenvalue weighted by atomic mass is 9.97. The Morgan fingerprint density at radius 3 is 2.71 bits per heavy atom. The number of phenolic OH excluding ortho intramolecular Hbond substituents is 1. The summed E-state index contributed by atoms with van der Waals surface area (Å²) in [6.07, 6.45) is 0.874. The molecule has 0 saturated carbocycles. The first-order chi connectivity index (χ1) is 10.1. The average Bonchev–Trinajstić information content (AvgIpc) is 2.47. The first kappa shape index (κ1) is 13.4. The second-order valence-corrected chi connectivity index (χ2v) is 5.12. The van der Waals surface area contributed by atoms with Gasteiger partial charge in [0.15, 0.2) is 0 Å². The summed E-state index contributed by atoms with van der Waals surface area (Å²) in [5, 5.41) is 10.6. The summed E-state index contributed by atoms with van der Waals surface area (Å²) in [5.74, 6) is 0.631. The molecule has 0 fully saturated rings. The third kappa shape index (κ3) is 2.31. The monoisotopic (exact) mass is 280 g/mol. The number of fused-ring (bicyclic) bond motifs is 1. The van der Waals surface area contributed by atoms with Crippen molar-refractivity contribution in [2.45, 2.75) is 20.3 Å². The van der Waals surface area contributed by atoms with Crippen molar-refractivity contribution >= 4 is 10.8 Å². The van der Waals surface area contributed by atoms with Crippen LogP contribution >= 0.6 is 0 Å². The lowest BCUT2D eigenvalue weighted by Crippen LogP contribution is -2.01. The van der Waals surface area contributed by atoms with Gasteiger partial charge in [0.1, 0.15) is 11.5 Å². The lowest BCUT2D eigenvalue weighted by molar-refractivity contribution is 0.475. The van der Waals surface area contributed by atoms with Gasteiger partial charge in [-0.05, 0) is 48.1 Å². The molecule has 0 unspecified atom stereocenters. The van der Waals surface area contributed by atoms with Gasteiger partial charge >= 0.3 is 5.63 Å². The van der Waals surface area contributed by atoms with Gasteiger partial charge in [0.2, 0.25) is 0 Å². The fraction of sp³-hybridized carbons (Fsp3) is 0.167.